The lowest BCUT2D eigenvalue weighted by Gasteiger charge is -2.18. The number of fused-ring (bicyclic) bond motifs is 1. The van der Waals surface area contributed by atoms with Gasteiger partial charge in [-0.2, -0.15) is 0 Å². The number of rotatable bonds is 8. The van der Waals surface area contributed by atoms with Crippen LogP contribution in [0.1, 0.15) is 23.6 Å². The van der Waals surface area contributed by atoms with Crippen molar-refractivity contribution >= 4 is 34.7 Å². The molecule has 0 saturated heterocycles. The van der Waals surface area contributed by atoms with Crippen molar-refractivity contribution in [2.24, 2.45) is 11.5 Å². The van der Waals surface area contributed by atoms with E-state index in [2.05, 4.69) is 10.6 Å². The average molecular weight is 487 g/mol. The Labute approximate surface area is 209 Å². The number of primary amides is 1. The van der Waals surface area contributed by atoms with Crippen molar-refractivity contribution in [2.75, 3.05) is 17.2 Å². The Balaban J connectivity index is 1.92. The third-order valence-corrected chi connectivity index (χ3v) is 5.84. The zero-order valence-electron chi connectivity index (χ0n) is 20.8. The van der Waals surface area contributed by atoms with E-state index in [4.69, 9.17) is 21.2 Å². The monoisotopic (exact) mass is 486 g/mol. The number of para-hydroxylation sites is 1. The molecule has 0 bridgehead atoms. The number of pyridine rings is 1. The van der Waals surface area contributed by atoms with Gasteiger partial charge in [0.2, 0.25) is 5.91 Å². The van der Waals surface area contributed by atoms with Crippen LogP contribution in [0.25, 0.3) is 16.9 Å². The van der Waals surface area contributed by atoms with E-state index < -0.39 is 11.9 Å². The number of nitrogens with zero attached hydrogens (tertiary/aromatic N) is 2. The van der Waals surface area contributed by atoms with E-state index in [0.29, 0.717) is 22.7 Å². The Hall–Kier alpha value is -4.37. The molecule has 0 saturated carbocycles. The topological polar surface area (TPSA) is 137 Å². The summed E-state index contributed by atoms with van der Waals surface area (Å²) >= 11 is 0. The molecule has 9 heteroatoms. The van der Waals surface area contributed by atoms with Crippen LogP contribution >= 0.6 is 0 Å². The highest BCUT2D eigenvalue weighted by molar-refractivity contribution is 5.96. The minimum absolute atomic E-state index is 0.329. The fourth-order valence-electron chi connectivity index (χ4n) is 4.07. The third kappa shape index (κ3) is 5.01. The van der Waals surface area contributed by atoms with E-state index in [1.165, 1.54) is 0 Å². The number of aryl methyl sites for hydroxylation is 3. The first-order chi connectivity index (χ1) is 17.2. The molecule has 0 spiro atoms. The van der Waals surface area contributed by atoms with Crippen molar-refractivity contribution in [3.63, 3.8) is 0 Å². The highest BCUT2D eigenvalue weighted by Gasteiger charge is 2.23. The molecule has 0 aliphatic rings. The molecule has 4 aromatic rings. The maximum Gasteiger partial charge on any atom is 0.255 e. The molecular formula is C27H30N6O3. The Bertz CT molecular complexity index is 1440. The zero-order valence-corrected chi connectivity index (χ0v) is 20.8. The summed E-state index contributed by atoms with van der Waals surface area (Å²) in [6, 6.07) is 14.6. The molecule has 0 radical (unpaired) electrons. The first kappa shape index (κ1) is 24.7. The normalized spacial score (nSPS) is 11.8. The number of imidazole rings is 1. The van der Waals surface area contributed by atoms with Gasteiger partial charge in [0.15, 0.2) is 6.61 Å². The van der Waals surface area contributed by atoms with E-state index in [1.54, 1.807) is 13.0 Å². The Morgan fingerprint density at radius 2 is 1.78 bits per heavy atom. The van der Waals surface area contributed by atoms with E-state index >= 15 is 0 Å². The van der Waals surface area contributed by atoms with E-state index in [1.807, 2.05) is 73.8 Å². The number of carbonyl (C=O) groups excluding carboxylic acids is 2. The summed E-state index contributed by atoms with van der Waals surface area (Å²) in [7, 11) is 0. The minimum Gasteiger partial charge on any atom is -0.483 e. The van der Waals surface area contributed by atoms with Gasteiger partial charge in [-0.05, 0) is 62.6 Å². The summed E-state index contributed by atoms with van der Waals surface area (Å²) in [4.78, 5) is 28.7. The molecule has 6 N–H and O–H groups in total. The van der Waals surface area contributed by atoms with Crippen molar-refractivity contribution in [3.05, 3.63) is 71.4 Å². The van der Waals surface area contributed by atoms with Crippen molar-refractivity contribution in [2.45, 2.75) is 33.7 Å². The number of hydrogen-bond acceptors (Lipinski definition) is 6. The van der Waals surface area contributed by atoms with E-state index in [0.717, 1.165) is 33.8 Å². The van der Waals surface area contributed by atoms with Gasteiger partial charge in [0.25, 0.3) is 5.91 Å². The Morgan fingerprint density at radius 3 is 2.44 bits per heavy atom. The predicted molar refractivity (Wildman–Crippen MR) is 142 cm³/mol. The van der Waals surface area contributed by atoms with Crippen molar-refractivity contribution in [3.8, 4) is 17.0 Å². The lowest BCUT2D eigenvalue weighted by atomic mass is 10.0. The minimum atomic E-state index is -0.688. The van der Waals surface area contributed by atoms with Crippen LogP contribution in [0.15, 0.2) is 54.7 Å². The molecule has 2 amide bonds. The molecule has 0 aliphatic heterocycles. The number of amides is 2. The smallest absolute Gasteiger partial charge is 0.255 e. The van der Waals surface area contributed by atoms with Crippen molar-refractivity contribution < 1.29 is 14.3 Å². The Kier molecular flexibility index (Phi) is 6.93. The van der Waals surface area contributed by atoms with Gasteiger partial charge in [-0.3, -0.25) is 14.0 Å². The highest BCUT2D eigenvalue weighted by Crippen LogP contribution is 2.41. The number of nitrogens with one attached hydrogen (secondary N) is 2. The van der Waals surface area contributed by atoms with Crippen LogP contribution in [0, 0.1) is 20.8 Å². The molecule has 1 atom stereocenters. The zero-order chi connectivity index (χ0) is 26.0. The second-order valence-corrected chi connectivity index (χ2v) is 8.83. The van der Waals surface area contributed by atoms with Crippen LogP contribution < -0.4 is 26.8 Å². The Morgan fingerprint density at radius 1 is 1.06 bits per heavy atom. The predicted octanol–water partition coefficient (Wildman–Crippen LogP) is 3.82. The molecule has 2 aromatic carbocycles. The lowest BCUT2D eigenvalue weighted by molar-refractivity contribution is -0.120. The molecule has 9 nitrogen and oxygen atoms in total. The van der Waals surface area contributed by atoms with Crippen LogP contribution in [0.4, 0.5) is 17.2 Å². The number of benzene rings is 2. The van der Waals surface area contributed by atoms with Gasteiger partial charge in [0, 0.05) is 29.2 Å². The second kappa shape index (κ2) is 10.1. The van der Waals surface area contributed by atoms with Crippen molar-refractivity contribution in [1.29, 1.82) is 0 Å². The van der Waals surface area contributed by atoms with E-state index in [9.17, 15) is 9.59 Å². The largest absolute Gasteiger partial charge is 0.483 e. The van der Waals surface area contributed by atoms with Gasteiger partial charge in [-0.1, -0.05) is 24.3 Å². The molecule has 2 aromatic heterocycles. The fourth-order valence-corrected chi connectivity index (χ4v) is 4.07. The molecule has 0 fully saturated rings. The molecule has 1 unspecified atom stereocenters. The summed E-state index contributed by atoms with van der Waals surface area (Å²) in [5.74, 6) is 0.143. The molecule has 4 rings (SSSR count). The quantitative estimate of drug-likeness (QED) is 0.299. The highest BCUT2D eigenvalue weighted by atomic mass is 16.5. The summed E-state index contributed by atoms with van der Waals surface area (Å²) in [5.41, 5.74) is 17.5. The van der Waals surface area contributed by atoms with Gasteiger partial charge in [-0.15, -0.1) is 0 Å². The van der Waals surface area contributed by atoms with Crippen LogP contribution in [0.5, 0.6) is 5.75 Å². The third-order valence-electron chi connectivity index (χ3n) is 5.84. The van der Waals surface area contributed by atoms with Gasteiger partial charge in [0.05, 0.1) is 6.04 Å². The SMILES string of the molecule is Cc1cccc(C)c1Nc1c(-c2c(C)cc(NC(=O)C(C)N)cc2OCC(N)=O)nc2ccccn12. The molecule has 0 aliphatic carbocycles. The summed E-state index contributed by atoms with van der Waals surface area (Å²) in [6.45, 7) is 7.25. The summed E-state index contributed by atoms with van der Waals surface area (Å²) in [5, 5.41) is 6.36. The standard InChI is InChI=1S/C27H30N6O3/c1-15-8-7-9-16(2)24(15)32-26-25(31-22-10-5-6-11-33(22)26)23-17(3)12-19(30-27(35)18(4)28)13-20(23)36-14-21(29)34/h5-13,18,32H,14,28H2,1-4H3,(H2,29,34)(H,30,35). The maximum atomic E-state index is 12.2. The molecule has 186 valence electrons. The van der Waals surface area contributed by atoms with Crippen LogP contribution in [-0.4, -0.2) is 33.8 Å². The number of aromatic nitrogens is 2. The van der Waals surface area contributed by atoms with Gasteiger partial charge >= 0.3 is 0 Å². The molecule has 36 heavy (non-hydrogen) atoms. The van der Waals surface area contributed by atoms with Crippen molar-refractivity contribution in [1.82, 2.24) is 9.38 Å². The van der Waals surface area contributed by atoms with Gasteiger partial charge in [0.1, 0.15) is 22.9 Å². The fraction of sp³-hybridized carbons (Fsp3) is 0.222. The van der Waals surface area contributed by atoms with Crippen LogP contribution in [0.2, 0.25) is 0 Å². The second-order valence-electron chi connectivity index (χ2n) is 8.83. The van der Waals surface area contributed by atoms with E-state index in [-0.39, 0.29) is 12.5 Å². The number of ether oxygens (including phenoxy) is 1. The first-order valence-corrected chi connectivity index (χ1v) is 11.6. The molecule has 2 heterocycles. The summed E-state index contributed by atoms with van der Waals surface area (Å²) in [6.07, 6.45) is 1.93. The van der Waals surface area contributed by atoms with Crippen LogP contribution in [0.3, 0.4) is 0 Å². The van der Waals surface area contributed by atoms with Crippen LogP contribution in [-0.2, 0) is 9.59 Å². The number of anilines is 3. The number of carbonyl (C=O) groups is 2. The number of nitrogens with two attached hydrogens (primary N) is 2. The molecular weight excluding hydrogens is 456 g/mol. The van der Waals surface area contributed by atoms with Gasteiger partial charge in [-0.25, -0.2) is 4.98 Å². The summed E-state index contributed by atoms with van der Waals surface area (Å²) < 4.78 is 7.79. The lowest BCUT2D eigenvalue weighted by Crippen LogP contribution is -2.32. The van der Waals surface area contributed by atoms with Gasteiger partial charge < -0.3 is 26.8 Å². The number of hydrogen-bond donors (Lipinski definition) is 4. The maximum absolute atomic E-state index is 12.2. The first-order valence-electron chi connectivity index (χ1n) is 11.6. The average Bonchev–Trinajstić information content (AvgIpc) is 3.17.